The van der Waals surface area contributed by atoms with E-state index in [0.29, 0.717) is 17.3 Å². The van der Waals surface area contributed by atoms with Gasteiger partial charge in [0.15, 0.2) is 0 Å². The van der Waals surface area contributed by atoms with Crippen LogP contribution in [-0.4, -0.2) is 42.9 Å². The molecule has 2 amide bonds. The maximum atomic E-state index is 12.5. The van der Waals surface area contributed by atoms with Crippen LogP contribution in [0.3, 0.4) is 0 Å². The topological polar surface area (TPSA) is 61.4 Å². The Balaban J connectivity index is 2.10. The molecule has 0 radical (unpaired) electrons. The molecular formula is C16H21N3O2. The van der Waals surface area contributed by atoms with Crippen LogP contribution in [0.4, 0.5) is 5.69 Å². The van der Waals surface area contributed by atoms with Crippen molar-refractivity contribution in [1.29, 1.82) is 0 Å². The third-order valence-corrected chi connectivity index (χ3v) is 3.68. The minimum atomic E-state index is -0.284. The second kappa shape index (κ2) is 7.04. The molecule has 1 fully saturated rings. The molecule has 0 spiro atoms. The van der Waals surface area contributed by atoms with Gasteiger partial charge in [0, 0.05) is 30.4 Å². The van der Waals surface area contributed by atoms with Gasteiger partial charge in [0.2, 0.25) is 5.91 Å². The van der Waals surface area contributed by atoms with Crippen molar-refractivity contribution in [2.24, 2.45) is 0 Å². The first kappa shape index (κ1) is 15.3. The summed E-state index contributed by atoms with van der Waals surface area (Å²) in [5.41, 5.74) is 1.20. The molecule has 2 rings (SSSR count). The molecule has 21 heavy (non-hydrogen) atoms. The van der Waals surface area contributed by atoms with Crippen molar-refractivity contribution in [3.63, 3.8) is 0 Å². The molecule has 0 saturated carbocycles. The van der Waals surface area contributed by atoms with Gasteiger partial charge in [0.25, 0.3) is 5.91 Å². The zero-order chi connectivity index (χ0) is 15.2. The smallest absolute Gasteiger partial charge is 0.253 e. The number of carbonyl (C=O) groups is 2. The van der Waals surface area contributed by atoms with Crippen LogP contribution in [0.2, 0.25) is 0 Å². The number of anilines is 1. The van der Waals surface area contributed by atoms with Gasteiger partial charge in [0.05, 0.1) is 0 Å². The van der Waals surface area contributed by atoms with Gasteiger partial charge in [-0.05, 0) is 44.2 Å². The lowest BCUT2D eigenvalue weighted by atomic mass is 10.0. The highest BCUT2D eigenvalue weighted by Crippen LogP contribution is 2.16. The molecule has 5 heteroatoms. The number of piperidine rings is 1. The average molecular weight is 287 g/mol. The van der Waals surface area contributed by atoms with Crippen LogP contribution in [0.15, 0.2) is 36.9 Å². The maximum absolute atomic E-state index is 12.5. The fourth-order valence-corrected chi connectivity index (χ4v) is 2.50. The SMILES string of the molecule is C=CC(=O)Nc1cccc(C(=O)N2CCCC(NC)C2)c1. The number of nitrogens with one attached hydrogen (secondary N) is 2. The molecule has 0 aromatic heterocycles. The number of rotatable bonds is 4. The summed E-state index contributed by atoms with van der Waals surface area (Å²) in [6.45, 7) is 4.91. The third-order valence-electron chi connectivity index (χ3n) is 3.68. The summed E-state index contributed by atoms with van der Waals surface area (Å²) in [7, 11) is 1.92. The van der Waals surface area contributed by atoms with Gasteiger partial charge < -0.3 is 15.5 Å². The number of benzene rings is 1. The zero-order valence-electron chi connectivity index (χ0n) is 12.3. The summed E-state index contributed by atoms with van der Waals surface area (Å²) < 4.78 is 0. The minimum Gasteiger partial charge on any atom is -0.337 e. The fourth-order valence-electron chi connectivity index (χ4n) is 2.50. The Bertz CT molecular complexity index is 542. The quantitative estimate of drug-likeness (QED) is 0.828. The summed E-state index contributed by atoms with van der Waals surface area (Å²) in [4.78, 5) is 25.7. The van der Waals surface area contributed by atoms with Crippen molar-refractivity contribution in [3.8, 4) is 0 Å². The Morgan fingerprint density at radius 3 is 2.95 bits per heavy atom. The van der Waals surface area contributed by atoms with Gasteiger partial charge in [-0.15, -0.1) is 0 Å². The van der Waals surface area contributed by atoms with Crippen LogP contribution >= 0.6 is 0 Å². The van der Waals surface area contributed by atoms with Crippen molar-refractivity contribution in [2.75, 3.05) is 25.5 Å². The van der Waals surface area contributed by atoms with E-state index in [0.717, 1.165) is 25.9 Å². The highest BCUT2D eigenvalue weighted by Gasteiger charge is 2.23. The van der Waals surface area contributed by atoms with E-state index < -0.39 is 0 Å². The molecule has 5 nitrogen and oxygen atoms in total. The molecule has 0 aliphatic carbocycles. The number of likely N-dealkylation sites (N-methyl/N-ethyl adjacent to an activating group) is 1. The lowest BCUT2D eigenvalue weighted by molar-refractivity contribution is -0.111. The van der Waals surface area contributed by atoms with Gasteiger partial charge in [0.1, 0.15) is 0 Å². The number of likely N-dealkylation sites (tertiary alicyclic amines) is 1. The maximum Gasteiger partial charge on any atom is 0.253 e. The summed E-state index contributed by atoms with van der Waals surface area (Å²) in [5, 5.41) is 5.89. The molecule has 0 bridgehead atoms. The average Bonchev–Trinajstić information content (AvgIpc) is 2.54. The van der Waals surface area contributed by atoms with E-state index in [1.54, 1.807) is 24.3 Å². The van der Waals surface area contributed by atoms with E-state index in [9.17, 15) is 9.59 Å². The van der Waals surface area contributed by atoms with E-state index in [2.05, 4.69) is 17.2 Å². The monoisotopic (exact) mass is 287 g/mol. The first-order valence-corrected chi connectivity index (χ1v) is 7.14. The Morgan fingerprint density at radius 1 is 1.43 bits per heavy atom. The molecule has 1 aliphatic heterocycles. The normalized spacial score (nSPS) is 18.1. The molecular weight excluding hydrogens is 266 g/mol. The molecule has 1 aromatic carbocycles. The van der Waals surface area contributed by atoms with Crippen LogP contribution in [0.5, 0.6) is 0 Å². The Hall–Kier alpha value is -2.14. The van der Waals surface area contributed by atoms with Gasteiger partial charge in [-0.25, -0.2) is 0 Å². The Kier molecular flexibility index (Phi) is 5.11. The molecule has 1 unspecified atom stereocenters. The number of hydrogen-bond acceptors (Lipinski definition) is 3. The van der Waals surface area contributed by atoms with E-state index in [4.69, 9.17) is 0 Å². The lowest BCUT2D eigenvalue weighted by Crippen LogP contribution is -2.46. The predicted octanol–water partition coefficient (Wildman–Crippen LogP) is 1.64. The fraction of sp³-hybridized carbons (Fsp3) is 0.375. The second-order valence-corrected chi connectivity index (χ2v) is 5.15. The van der Waals surface area contributed by atoms with E-state index in [1.807, 2.05) is 11.9 Å². The molecule has 2 N–H and O–H groups in total. The van der Waals surface area contributed by atoms with Gasteiger partial charge in [-0.2, -0.15) is 0 Å². The summed E-state index contributed by atoms with van der Waals surface area (Å²) in [6.07, 6.45) is 3.30. The first-order chi connectivity index (χ1) is 10.1. The lowest BCUT2D eigenvalue weighted by Gasteiger charge is -2.32. The van der Waals surface area contributed by atoms with E-state index in [-0.39, 0.29) is 11.8 Å². The van der Waals surface area contributed by atoms with Gasteiger partial charge in [-0.1, -0.05) is 12.6 Å². The number of nitrogens with zero attached hydrogens (tertiary/aromatic N) is 1. The predicted molar refractivity (Wildman–Crippen MR) is 83.3 cm³/mol. The third kappa shape index (κ3) is 3.92. The highest BCUT2D eigenvalue weighted by atomic mass is 16.2. The number of hydrogen-bond donors (Lipinski definition) is 2. The van der Waals surface area contributed by atoms with Crippen LogP contribution in [0.25, 0.3) is 0 Å². The van der Waals surface area contributed by atoms with Gasteiger partial charge in [-0.3, -0.25) is 9.59 Å². The molecule has 112 valence electrons. The molecule has 1 aromatic rings. The van der Waals surface area contributed by atoms with Crippen molar-refractivity contribution in [1.82, 2.24) is 10.2 Å². The van der Waals surface area contributed by atoms with Crippen LogP contribution < -0.4 is 10.6 Å². The van der Waals surface area contributed by atoms with Crippen LogP contribution in [-0.2, 0) is 4.79 Å². The van der Waals surface area contributed by atoms with Crippen molar-refractivity contribution in [2.45, 2.75) is 18.9 Å². The number of amides is 2. The summed E-state index contributed by atoms with van der Waals surface area (Å²) in [5.74, 6) is -0.280. The zero-order valence-corrected chi connectivity index (χ0v) is 12.3. The summed E-state index contributed by atoms with van der Waals surface area (Å²) in [6, 6.07) is 7.35. The molecule has 1 heterocycles. The summed E-state index contributed by atoms with van der Waals surface area (Å²) >= 11 is 0. The van der Waals surface area contributed by atoms with Crippen molar-refractivity contribution >= 4 is 17.5 Å². The van der Waals surface area contributed by atoms with Crippen LogP contribution in [0, 0.1) is 0 Å². The van der Waals surface area contributed by atoms with E-state index in [1.165, 1.54) is 6.08 Å². The van der Waals surface area contributed by atoms with Gasteiger partial charge >= 0.3 is 0 Å². The molecule has 1 atom stereocenters. The first-order valence-electron chi connectivity index (χ1n) is 7.14. The van der Waals surface area contributed by atoms with Crippen LogP contribution in [0.1, 0.15) is 23.2 Å². The largest absolute Gasteiger partial charge is 0.337 e. The minimum absolute atomic E-state index is 0.00431. The molecule has 1 saturated heterocycles. The molecule has 1 aliphatic rings. The number of carbonyl (C=O) groups excluding carboxylic acids is 2. The Morgan fingerprint density at radius 2 is 2.24 bits per heavy atom. The van der Waals surface area contributed by atoms with E-state index >= 15 is 0 Å². The van der Waals surface area contributed by atoms with Crippen molar-refractivity contribution < 1.29 is 9.59 Å². The van der Waals surface area contributed by atoms with Crippen molar-refractivity contribution in [3.05, 3.63) is 42.5 Å². The Labute approximate surface area is 125 Å². The standard InChI is InChI=1S/C16H21N3O2/c1-3-15(20)18-13-7-4-6-12(10-13)16(21)19-9-5-8-14(11-19)17-2/h3-4,6-7,10,14,17H,1,5,8-9,11H2,2H3,(H,18,20). The highest BCUT2D eigenvalue weighted by molar-refractivity contribution is 6.00. The second-order valence-electron chi connectivity index (χ2n) is 5.15.